The molecule has 0 aliphatic rings. The normalized spacial score (nSPS) is 14.5. The van der Waals surface area contributed by atoms with E-state index in [-0.39, 0.29) is 19.1 Å². The Balaban J connectivity index is 4.28. The molecule has 62 heavy (non-hydrogen) atoms. The Bertz CT molecular complexity index is 1150. The fraction of sp³-hybridized carbons (Fsp3) is 0.830. The van der Waals surface area contributed by atoms with Crippen molar-refractivity contribution in [1.82, 2.24) is 5.32 Å². The van der Waals surface area contributed by atoms with Gasteiger partial charge in [0.2, 0.25) is 5.91 Å². The van der Waals surface area contributed by atoms with E-state index in [1.165, 1.54) is 128 Å². The number of hydrogen-bond donors (Lipinski definition) is 3. The summed E-state index contributed by atoms with van der Waals surface area (Å²) in [5.41, 5.74) is 0. The molecule has 3 atom stereocenters. The van der Waals surface area contributed by atoms with Crippen molar-refractivity contribution >= 4 is 13.7 Å². The van der Waals surface area contributed by atoms with E-state index in [0.717, 1.165) is 77.0 Å². The van der Waals surface area contributed by atoms with Crippen molar-refractivity contribution in [2.24, 2.45) is 0 Å². The molecule has 0 aliphatic heterocycles. The van der Waals surface area contributed by atoms with E-state index in [0.29, 0.717) is 23.9 Å². The fourth-order valence-electron chi connectivity index (χ4n) is 7.51. The van der Waals surface area contributed by atoms with Gasteiger partial charge in [-0.1, -0.05) is 223 Å². The highest BCUT2D eigenvalue weighted by atomic mass is 31.2. The van der Waals surface area contributed by atoms with Crippen LogP contribution in [0.15, 0.2) is 48.6 Å². The first kappa shape index (κ1) is 60.5. The number of hydrogen-bond acceptors (Lipinski definition) is 5. The summed E-state index contributed by atoms with van der Waals surface area (Å²) in [6.07, 6.45) is 57.2. The first-order valence-electron chi connectivity index (χ1n) is 26.0. The number of carbonyl (C=O) groups excluding carboxylic acids is 1. The minimum atomic E-state index is -4.33. The van der Waals surface area contributed by atoms with Crippen LogP contribution in [-0.4, -0.2) is 73.4 Å². The summed E-state index contributed by atoms with van der Waals surface area (Å²) in [4.78, 5) is 23.3. The van der Waals surface area contributed by atoms with E-state index in [9.17, 15) is 19.4 Å². The van der Waals surface area contributed by atoms with Crippen molar-refractivity contribution in [3.63, 3.8) is 0 Å². The van der Waals surface area contributed by atoms with Crippen LogP contribution < -0.4 is 5.32 Å². The molecular weight excluding hydrogens is 792 g/mol. The van der Waals surface area contributed by atoms with Crippen molar-refractivity contribution in [1.29, 1.82) is 0 Å². The third-order valence-corrected chi connectivity index (χ3v) is 12.6. The number of carbonyl (C=O) groups is 1. The number of nitrogens with one attached hydrogen (secondary N) is 1. The van der Waals surface area contributed by atoms with Crippen LogP contribution in [0.1, 0.15) is 232 Å². The van der Waals surface area contributed by atoms with Gasteiger partial charge in [0.15, 0.2) is 0 Å². The highest BCUT2D eigenvalue weighted by molar-refractivity contribution is 7.47. The minimum Gasteiger partial charge on any atom is -0.391 e. The Morgan fingerprint density at radius 2 is 0.968 bits per heavy atom. The van der Waals surface area contributed by atoms with Gasteiger partial charge in [0.1, 0.15) is 13.2 Å². The average molecular weight is 894 g/mol. The van der Waals surface area contributed by atoms with E-state index < -0.39 is 20.0 Å². The summed E-state index contributed by atoms with van der Waals surface area (Å²) in [6, 6.07) is -0.770. The van der Waals surface area contributed by atoms with Crippen molar-refractivity contribution in [3.8, 4) is 0 Å². The van der Waals surface area contributed by atoms with Crippen molar-refractivity contribution in [2.75, 3.05) is 40.9 Å². The molecule has 0 radical (unpaired) electrons. The second kappa shape index (κ2) is 44.7. The Morgan fingerprint density at radius 1 is 0.565 bits per heavy atom. The number of nitrogens with zero attached hydrogens (tertiary/aromatic N) is 1. The van der Waals surface area contributed by atoms with Crippen LogP contribution in [0.2, 0.25) is 0 Å². The molecule has 0 saturated carbocycles. The molecule has 3 unspecified atom stereocenters. The lowest BCUT2D eigenvalue weighted by atomic mass is 10.0. The molecule has 9 heteroatoms. The zero-order valence-electron chi connectivity index (χ0n) is 41.4. The Hall–Kier alpha value is -1.54. The average Bonchev–Trinajstić information content (AvgIpc) is 3.23. The number of aliphatic hydroxyl groups is 1. The lowest BCUT2D eigenvalue weighted by Gasteiger charge is -2.26. The zero-order chi connectivity index (χ0) is 45.7. The van der Waals surface area contributed by atoms with Gasteiger partial charge in [0.25, 0.3) is 0 Å². The number of aliphatic hydroxyl groups excluding tert-OH is 1. The molecule has 0 heterocycles. The molecule has 0 aliphatic carbocycles. The Kier molecular flexibility index (Phi) is 43.5. The largest absolute Gasteiger partial charge is 0.472 e. The van der Waals surface area contributed by atoms with Gasteiger partial charge in [-0.3, -0.25) is 13.8 Å². The number of unbranched alkanes of at least 4 members (excludes halogenated alkanes) is 26. The van der Waals surface area contributed by atoms with Crippen LogP contribution in [-0.2, 0) is 18.4 Å². The van der Waals surface area contributed by atoms with Gasteiger partial charge in [0, 0.05) is 6.42 Å². The Morgan fingerprint density at radius 3 is 1.42 bits per heavy atom. The molecule has 1 amide bonds. The summed E-state index contributed by atoms with van der Waals surface area (Å²) in [6.45, 7) is 4.78. The second-order valence-electron chi connectivity index (χ2n) is 18.9. The molecule has 0 rings (SSSR count). The third kappa shape index (κ3) is 46.5. The molecule has 3 N–H and O–H groups in total. The van der Waals surface area contributed by atoms with Crippen molar-refractivity contribution in [3.05, 3.63) is 48.6 Å². The third-order valence-electron chi connectivity index (χ3n) is 11.6. The van der Waals surface area contributed by atoms with Crippen molar-refractivity contribution < 1.29 is 32.9 Å². The van der Waals surface area contributed by atoms with E-state index in [4.69, 9.17) is 9.05 Å². The molecule has 364 valence electrons. The maximum atomic E-state index is 13.0. The highest BCUT2D eigenvalue weighted by Crippen LogP contribution is 2.43. The number of phosphoric acid groups is 1. The lowest BCUT2D eigenvalue weighted by Crippen LogP contribution is -2.46. The van der Waals surface area contributed by atoms with E-state index >= 15 is 0 Å². The molecular formula is C53H102N2O6P+. The number of rotatable bonds is 47. The number of quaternary nitrogens is 1. The summed E-state index contributed by atoms with van der Waals surface area (Å²) >= 11 is 0. The number of amides is 1. The van der Waals surface area contributed by atoms with Gasteiger partial charge in [0.05, 0.1) is 39.9 Å². The summed E-state index contributed by atoms with van der Waals surface area (Å²) < 4.78 is 23.7. The highest BCUT2D eigenvalue weighted by Gasteiger charge is 2.28. The topological polar surface area (TPSA) is 105 Å². The number of allylic oxidation sites excluding steroid dienone is 8. The predicted octanol–water partition coefficient (Wildman–Crippen LogP) is 15.2. The summed E-state index contributed by atoms with van der Waals surface area (Å²) in [5, 5.41) is 14.0. The molecule has 0 bridgehead atoms. The number of phosphoric ester groups is 1. The molecule has 8 nitrogen and oxygen atoms in total. The molecule has 0 spiro atoms. The van der Waals surface area contributed by atoms with Crippen LogP contribution in [0.3, 0.4) is 0 Å². The molecule has 0 aromatic heterocycles. The zero-order valence-corrected chi connectivity index (χ0v) is 42.3. The van der Waals surface area contributed by atoms with Crippen LogP contribution in [0.25, 0.3) is 0 Å². The van der Waals surface area contributed by atoms with Gasteiger partial charge >= 0.3 is 7.82 Å². The van der Waals surface area contributed by atoms with E-state index in [1.54, 1.807) is 0 Å². The molecule has 0 aromatic carbocycles. The predicted molar refractivity (Wildman–Crippen MR) is 267 cm³/mol. The SMILES string of the molecule is CC/C=C\C/C=C\C/C=C\C/C=C\CCCCCCCCC(=O)NC(COP(=O)(O)OCC[N+](C)(C)C)C(O)CCCCCCCCCCCCCCCCCCCCCCC. The van der Waals surface area contributed by atoms with Gasteiger partial charge < -0.3 is 19.8 Å². The minimum absolute atomic E-state index is 0.0702. The van der Waals surface area contributed by atoms with Crippen LogP contribution in [0.5, 0.6) is 0 Å². The van der Waals surface area contributed by atoms with Crippen molar-refractivity contribution in [2.45, 2.75) is 244 Å². The molecule has 0 aromatic rings. The maximum absolute atomic E-state index is 13.0. The number of likely N-dealkylation sites (N-methyl/N-ethyl adjacent to an activating group) is 1. The maximum Gasteiger partial charge on any atom is 0.472 e. The van der Waals surface area contributed by atoms with E-state index in [2.05, 4.69) is 67.8 Å². The van der Waals surface area contributed by atoms with Gasteiger partial charge in [-0.15, -0.1) is 0 Å². The summed E-state index contributed by atoms with van der Waals surface area (Å²) in [7, 11) is 1.60. The molecule has 0 fully saturated rings. The first-order chi connectivity index (χ1) is 30.0. The monoisotopic (exact) mass is 894 g/mol. The quantitative estimate of drug-likeness (QED) is 0.0243. The lowest BCUT2D eigenvalue weighted by molar-refractivity contribution is -0.870. The van der Waals surface area contributed by atoms with Gasteiger partial charge in [-0.2, -0.15) is 0 Å². The van der Waals surface area contributed by atoms with Gasteiger partial charge in [-0.25, -0.2) is 4.57 Å². The molecule has 0 saturated heterocycles. The van der Waals surface area contributed by atoms with Gasteiger partial charge in [-0.05, 0) is 51.4 Å². The fourth-order valence-corrected chi connectivity index (χ4v) is 8.24. The standard InChI is InChI=1S/C53H101N2O6P/c1-6-8-10-12-14-16-18-20-22-24-26-27-29-30-32-34-36-38-40-42-44-46-52(56)51(50-61-62(58,59)60-49-48-55(3,4)5)54-53(57)47-45-43-41-39-37-35-33-31-28-25-23-21-19-17-15-13-11-9-7-2/h9,11,15,17,21,23,28,31,51-52,56H,6-8,10,12-14,16,18-20,22,24-27,29-30,32-50H2,1-5H3,(H-,54,57,58,59)/p+1/b11-9-,17-15-,23-21-,31-28-. The Labute approximate surface area is 384 Å². The van der Waals surface area contributed by atoms with Crippen LogP contribution in [0.4, 0.5) is 0 Å². The second-order valence-corrected chi connectivity index (χ2v) is 20.3. The summed E-state index contributed by atoms with van der Waals surface area (Å²) in [5.74, 6) is -0.158. The van der Waals surface area contributed by atoms with Crippen LogP contribution >= 0.6 is 7.82 Å². The smallest absolute Gasteiger partial charge is 0.391 e. The first-order valence-corrected chi connectivity index (χ1v) is 27.5. The van der Waals surface area contributed by atoms with E-state index in [1.807, 2.05) is 21.1 Å². The van der Waals surface area contributed by atoms with Crippen LogP contribution in [0, 0.1) is 0 Å².